The van der Waals surface area contributed by atoms with Gasteiger partial charge in [0.05, 0.1) is 18.3 Å². The SMILES string of the molecule is C[C@@H]1CNC[C@H]1C(=O)Nc1cnc(Br)cn1. The standard InChI is InChI=1S/C10H13BrN4O/c1-6-2-12-3-7(6)10(16)15-9-5-13-8(11)4-14-9/h4-7,12H,2-3H2,1H3,(H,14,15,16)/t6-,7-/m1/s1. The predicted octanol–water partition coefficient (Wildman–Crippen LogP) is 1.03. The second-order valence-electron chi connectivity index (χ2n) is 3.96. The highest BCUT2D eigenvalue weighted by Crippen LogP contribution is 2.17. The van der Waals surface area contributed by atoms with Crippen molar-refractivity contribution in [3.63, 3.8) is 0 Å². The first-order valence-corrected chi connectivity index (χ1v) is 5.95. The van der Waals surface area contributed by atoms with Crippen molar-refractivity contribution < 1.29 is 4.79 Å². The van der Waals surface area contributed by atoms with Crippen LogP contribution in [0, 0.1) is 11.8 Å². The van der Waals surface area contributed by atoms with E-state index in [1.807, 2.05) is 0 Å². The van der Waals surface area contributed by atoms with Crippen molar-refractivity contribution >= 4 is 27.7 Å². The van der Waals surface area contributed by atoms with Gasteiger partial charge in [0, 0.05) is 6.54 Å². The summed E-state index contributed by atoms with van der Waals surface area (Å²) in [5, 5.41) is 5.96. The third kappa shape index (κ3) is 2.56. The Morgan fingerprint density at radius 2 is 2.31 bits per heavy atom. The highest BCUT2D eigenvalue weighted by molar-refractivity contribution is 9.10. The Morgan fingerprint density at radius 3 is 2.88 bits per heavy atom. The number of aromatic nitrogens is 2. The van der Waals surface area contributed by atoms with E-state index < -0.39 is 0 Å². The molecule has 16 heavy (non-hydrogen) atoms. The van der Waals surface area contributed by atoms with Crippen molar-refractivity contribution in [2.75, 3.05) is 18.4 Å². The third-order valence-corrected chi connectivity index (χ3v) is 3.14. The molecular weight excluding hydrogens is 272 g/mol. The number of halogens is 1. The molecule has 0 aliphatic carbocycles. The van der Waals surface area contributed by atoms with Gasteiger partial charge in [0.1, 0.15) is 4.60 Å². The zero-order valence-corrected chi connectivity index (χ0v) is 10.5. The maximum absolute atomic E-state index is 11.9. The fraction of sp³-hybridized carbons (Fsp3) is 0.500. The molecule has 2 N–H and O–H groups in total. The van der Waals surface area contributed by atoms with Gasteiger partial charge in [-0.25, -0.2) is 9.97 Å². The molecule has 1 aromatic rings. The minimum absolute atomic E-state index is 0.00845. The van der Waals surface area contributed by atoms with Crippen LogP contribution in [0.3, 0.4) is 0 Å². The van der Waals surface area contributed by atoms with Gasteiger partial charge in [0.15, 0.2) is 5.82 Å². The quantitative estimate of drug-likeness (QED) is 0.852. The monoisotopic (exact) mass is 284 g/mol. The fourth-order valence-corrected chi connectivity index (χ4v) is 1.96. The van der Waals surface area contributed by atoms with E-state index in [1.165, 1.54) is 6.20 Å². The molecule has 5 nitrogen and oxygen atoms in total. The summed E-state index contributed by atoms with van der Waals surface area (Å²) in [6.45, 7) is 3.69. The molecule has 86 valence electrons. The van der Waals surface area contributed by atoms with E-state index in [0.717, 1.165) is 13.1 Å². The van der Waals surface area contributed by atoms with Crippen LogP contribution in [0.1, 0.15) is 6.92 Å². The summed E-state index contributed by atoms with van der Waals surface area (Å²) in [6, 6.07) is 0. The summed E-state index contributed by atoms with van der Waals surface area (Å²) < 4.78 is 0.654. The maximum Gasteiger partial charge on any atom is 0.230 e. The molecule has 6 heteroatoms. The van der Waals surface area contributed by atoms with Crippen molar-refractivity contribution in [1.82, 2.24) is 15.3 Å². The van der Waals surface area contributed by atoms with E-state index >= 15 is 0 Å². The van der Waals surface area contributed by atoms with Crippen LogP contribution >= 0.6 is 15.9 Å². The van der Waals surface area contributed by atoms with Gasteiger partial charge in [0.2, 0.25) is 5.91 Å². The lowest BCUT2D eigenvalue weighted by Crippen LogP contribution is -2.28. The highest BCUT2D eigenvalue weighted by Gasteiger charge is 2.29. The smallest absolute Gasteiger partial charge is 0.230 e. The number of nitrogens with one attached hydrogen (secondary N) is 2. The number of hydrogen-bond acceptors (Lipinski definition) is 4. The molecule has 0 bridgehead atoms. The number of rotatable bonds is 2. The lowest BCUT2D eigenvalue weighted by Gasteiger charge is -2.13. The van der Waals surface area contributed by atoms with E-state index in [-0.39, 0.29) is 11.8 Å². The number of nitrogens with zero attached hydrogens (tertiary/aromatic N) is 2. The zero-order valence-electron chi connectivity index (χ0n) is 8.90. The molecule has 0 unspecified atom stereocenters. The van der Waals surface area contributed by atoms with E-state index in [9.17, 15) is 4.79 Å². The maximum atomic E-state index is 11.9. The molecule has 1 aliphatic heterocycles. The summed E-state index contributed by atoms with van der Waals surface area (Å²) in [5.74, 6) is 0.885. The Morgan fingerprint density at radius 1 is 1.50 bits per heavy atom. The van der Waals surface area contributed by atoms with E-state index in [2.05, 4.69) is 43.5 Å². The first-order chi connectivity index (χ1) is 7.66. The van der Waals surface area contributed by atoms with Gasteiger partial charge in [-0.15, -0.1) is 0 Å². The van der Waals surface area contributed by atoms with Crippen LogP contribution < -0.4 is 10.6 Å². The molecule has 1 fully saturated rings. The van der Waals surface area contributed by atoms with Gasteiger partial charge in [-0.05, 0) is 28.4 Å². The topological polar surface area (TPSA) is 66.9 Å². The molecule has 1 aliphatic rings. The summed E-state index contributed by atoms with van der Waals surface area (Å²) in [7, 11) is 0. The van der Waals surface area contributed by atoms with Crippen molar-refractivity contribution in [1.29, 1.82) is 0 Å². The molecule has 0 aromatic carbocycles. The molecule has 2 rings (SSSR count). The Kier molecular flexibility index (Phi) is 3.50. The third-order valence-electron chi connectivity index (χ3n) is 2.73. The molecule has 2 heterocycles. The second kappa shape index (κ2) is 4.88. The number of carbonyl (C=O) groups excluding carboxylic acids is 1. The minimum Gasteiger partial charge on any atom is -0.316 e. The summed E-state index contributed by atoms with van der Waals surface area (Å²) in [6.07, 6.45) is 3.10. The molecule has 0 spiro atoms. The normalized spacial score (nSPS) is 24.4. The largest absolute Gasteiger partial charge is 0.316 e. The molecule has 1 amide bonds. The number of amides is 1. The van der Waals surface area contributed by atoms with Gasteiger partial charge in [-0.2, -0.15) is 0 Å². The van der Waals surface area contributed by atoms with E-state index in [1.54, 1.807) is 6.20 Å². The molecule has 0 radical (unpaired) electrons. The predicted molar refractivity (Wildman–Crippen MR) is 63.9 cm³/mol. The van der Waals surface area contributed by atoms with Crippen LogP contribution in [-0.2, 0) is 4.79 Å². The number of hydrogen-bond donors (Lipinski definition) is 2. The Bertz CT molecular complexity index is 381. The average Bonchev–Trinajstić information content (AvgIpc) is 2.68. The average molecular weight is 285 g/mol. The van der Waals surface area contributed by atoms with Gasteiger partial charge in [-0.3, -0.25) is 4.79 Å². The summed E-state index contributed by atoms with van der Waals surface area (Å²) >= 11 is 3.19. The first kappa shape index (κ1) is 11.5. The lowest BCUT2D eigenvalue weighted by atomic mass is 9.97. The van der Waals surface area contributed by atoms with Gasteiger partial charge >= 0.3 is 0 Å². The van der Waals surface area contributed by atoms with E-state index in [0.29, 0.717) is 16.3 Å². The van der Waals surface area contributed by atoms with Crippen molar-refractivity contribution in [2.45, 2.75) is 6.92 Å². The van der Waals surface area contributed by atoms with Crippen molar-refractivity contribution in [3.8, 4) is 0 Å². The van der Waals surface area contributed by atoms with Crippen molar-refractivity contribution in [3.05, 3.63) is 17.0 Å². The zero-order chi connectivity index (χ0) is 11.5. The van der Waals surface area contributed by atoms with Gasteiger partial charge in [0.25, 0.3) is 0 Å². The molecule has 2 atom stereocenters. The van der Waals surface area contributed by atoms with Gasteiger partial charge < -0.3 is 10.6 Å². The number of anilines is 1. The summed E-state index contributed by atoms with van der Waals surface area (Å²) in [5.41, 5.74) is 0. The number of carbonyl (C=O) groups is 1. The van der Waals surface area contributed by atoms with Crippen LogP contribution in [0.15, 0.2) is 17.0 Å². The Labute approximate surface area is 102 Å². The van der Waals surface area contributed by atoms with Crippen LogP contribution in [0.5, 0.6) is 0 Å². The van der Waals surface area contributed by atoms with Crippen LogP contribution in [-0.4, -0.2) is 29.0 Å². The molecule has 0 saturated carbocycles. The molecule has 1 aromatic heterocycles. The minimum atomic E-state index is 0.00845. The van der Waals surface area contributed by atoms with Crippen LogP contribution in [0.25, 0.3) is 0 Å². The van der Waals surface area contributed by atoms with Gasteiger partial charge in [-0.1, -0.05) is 6.92 Å². The van der Waals surface area contributed by atoms with Crippen LogP contribution in [0.2, 0.25) is 0 Å². The highest BCUT2D eigenvalue weighted by atomic mass is 79.9. The summed E-state index contributed by atoms with van der Waals surface area (Å²) in [4.78, 5) is 19.9. The Balaban J connectivity index is 1.99. The lowest BCUT2D eigenvalue weighted by molar-refractivity contribution is -0.120. The first-order valence-electron chi connectivity index (χ1n) is 5.16. The Hall–Kier alpha value is -1.01. The van der Waals surface area contributed by atoms with E-state index in [4.69, 9.17) is 0 Å². The molecular formula is C10H13BrN4O. The molecule has 1 saturated heterocycles. The fourth-order valence-electron chi connectivity index (χ4n) is 1.76. The second-order valence-corrected chi connectivity index (χ2v) is 4.77. The van der Waals surface area contributed by atoms with Crippen LogP contribution in [0.4, 0.5) is 5.82 Å². The van der Waals surface area contributed by atoms with Crippen molar-refractivity contribution in [2.24, 2.45) is 11.8 Å².